The zero-order chi connectivity index (χ0) is 17.2. The van der Waals surface area contributed by atoms with Crippen molar-refractivity contribution in [2.24, 2.45) is 13.0 Å². The monoisotopic (exact) mass is 345 g/mol. The second kappa shape index (κ2) is 6.74. The lowest BCUT2D eigenvalue weighted by atomic mass is 10.1. The maximum absolute atomic E-state index is 12.8. The molecule has 1 amide bonds. The third-order valence-corrected chi connectivity index (χ3v) is 4.37. The Bertz CT molecular complexity index is 688. The van der Waals surface area contributed by atoms with Crippen molar-refractivity contribution >= 4 is 17.2 Å². The Morgan fingerprint density at radius 3 is 2.65 bits per heavy atom. The number of nitrogens with one attached hydrogen (secondary N) is 1. The molecule has 1 N–H and O–H groups in total. The summed E-state index contributed by atoms with van der Waals surface area (Å²) in [7, 11) is 1.25. The molecule has 0 aliphatic rings. The van der Waals surface area contributed by atoms with E-state index >= 15 is 0 Å². The van der Waals surface area contributed by atoms with Crippen molar-refractivity contribution in [1.29, 1.82) is 0 Å². The molecule has 4 nitrogen and oxygen atoms in total. The maximum atomic E-state index is 12.8. The summed E-state index contributed by atoms with van der Waals surface area (Å²) in [6, 6.07) is 4.21. The number of carbonyl (C=O) groups is 1. The summed E-state index contributed by atoms with van der Waals surface area (Å²) in [5.74, 6) is 0.275. The summed E-state index contributed by atoms with van der Waals surface area (Å²) in [4.78, 5) is 13.0. The third kappa shape index (κ3) is 4.34. The van der Waals surface area contributed by atoms with E-state index in [1.807, 2.05) is 0 Å². The van der Waals surface area contributed by atoms with Gasteiger partial charge in [0, 0.05) is 13.6 Å². The smallest absolute Gasteiger partial charge is 0.351 e. The molecule has 0 saturated carbocycles. The van der Waals surface area contributed by atoms with Crippen LogP contribution in [-0.4, -0.2) is 22.2 Å². The third-order valence-electron chi connectivity index (χ3n) is 3.26. The fourth-order valence-electron chi connectivity index (χ4n) is 2.01. The number of halogens is 3. The molecule has 0 fully saturated rings. The van der Waals surface area contributed by atoms with Crippen LogP contribution in [-0.2, 0) is 13.2 Å². The average molecular weight is 345 g/mol. The predicted molar refractivity (Wildman–Crippen MR) is 83.3 cm³/mol. The first kappa shape index (κ1) is 17.5. The lowest BCUT2D eigenvalue weighted by molar-refractivity contribution is -0.143. The zero-order valence-electron chi connectivity index (χ0n) is 13.1. The zero-order valence-corrected chi connectivity index (χ0v) is 13.9. The van der Waals surface area contributed by atoms with Crippen LogP contribution in [0.3, 0.4) is 0 Å². The number of carbonyl (C=O) groups excluding carboxylic acids is 1. The highest BCUT2D eigenvalue weighted by Gasteiger charge is 2.35. The van der Waals surface area contributed by atoms with E-state index in [9.17, 15) is 18.0 Å². The average Bonchev–Trinajstić information content (AvgIpc) is 3.03. The molecule has 2 aromatic heterocycles. The van der Waals surface area contributed by atoms with E-state index < -0.39 is 11.9 Å². The van der Waals surface area contributed by atoms with Crippen LogP contribution in [0.2, 0.25) is 0 Å². The molecule has 0 unspecified atom stereocenters. The summed E-state index contributed by atoms with van der Waals surface area (Å²) in [5.41, 5.74) is -0.602. The Labute approximate surface area is 136 Å². The molecule has 0 saturated heterocycles. The van der Waals surface area contributed by atoms with E-state index in [1.54, 1.807) is 12.1 Å². The van der Waals surface area contributed by atoms with Gasteiger partial charge in [0.2, 0.25) is 0 Å². The normalized spacial score (nSPS) is 12.0. The number of nitrogens with zero attached hydrogens (tertiary/aromatic N) is 2. The van der Waals surface area contributed by atoms with Gasteiger partial charge in [-0.25, -0.2) is 0 Å². The largest absolute Gasteiger partial charge is 0.433 e. The van der Waals surface area contributed by atoms with Crippen LogP contribution in [0.5, 0.6) is 0 Å². The molecule has 0 atom stereocenters. The number of thiophene rings is 1. The van der Waals surface area contributed by atoms with E-state index in [0.29, 0.717) is 22.2 Å². The first-order chi connectivity index (χ1) is 10.7. The summed E-state index contributed by atoms with van der Waals surface area (Å²) in [6.07, 6.45) is -3.58. The first-order valence-corrected chi connectivity index (χ1v) is 7.99. The molecule has 23 heavy (non-hydrogen) atoms. The van der Waals surface area contributed by atoms with Crippen LogP contribution in [0, 0.1) is 5.92 Å². The van der Waals surface area contributed by atoms with Gasteiger partial charge in [-0.1, -0.05) is 13.8 Å². The van der Waals surface area contributed by atoms with Crippen LogP contribution < -0.4 is 5.32 Å². The van der Waals surface area contributed by atoms with Gasteiger partial charge in [-0.2, -0.15) is 18.3 Å². The number of alkyl halides is 3. The molecule has 2 rings (SSSR count). The number of aryl methyl sites for hydroxylation is 1. The first-order valence-electron chi connectivity index (χ1n) is 7.18. The van der Waals surface area contributed by atoms with E-state index in [2.05, 4.69) is 24.3 Å². The van der Waals surface area contributed by atoms with E-state index in [4.69, 9.17) is 0 Å². The van der Waals surface area contributed by atoms with Crippen LogP contribution in [0.1, 0.15) is 35.6 Å². The Balaban J connectivity index is 2.12. The fourth-order valence-corrected chi connectivity index (χ4v) is 2.89. The number of rotatable bonds is 5. The Morgan fingerprint density at radius 2 is 2.09 bits per heavy atom. The molecular formula is C15H18F3N3OS. The van der Waals surface area contributed by atoms with Crippen molar-refractivity contribution in [2.45, 2.75) is 26.4 Å². The van der Waals surface area contributed by atoms with Gasteiger partial charge < -0.3 is 5.32 Å². The van der Waals surface area contributed by atoms with Crippen molar-refractivity contribution in [3.63, 3.8) is 0 Å². The number of aromatic nitrogens is 2. The van der Waals surface area contributed by atoms with Gasteiger partial charge in [-0.05, 0) is 30.5 Å². The molecular weight excluding hydrogens is 327 g/mol. The molecule has 0 aliphatic heterocycles. The second-order valence-corrected chi connectivity index (χ2v) is 6.72. The highest BCUT2D eigenvalue weighted by molar-refractivity contribution is 7.17. The second-order valence-electron chi connectivity index (χ2n) is 5.64. The molecule has 8 heteroatoms. The van der Waals surface area contributed by atoms with Gasteiger partial charge in [0.1, 0.15) is 11.4 Å². The van der Waals surface area contributed by atoms with Gasteiger partial charge in [0.15, 0.2) is 0 Å². The lowest BCUT2D eigenvalue weighted by Gasteiger charge is -2.05. The topological polar surface area (TPSA) is 46.9 Å². The van der Waals surface area contributed by atoms with Crippen molar-refractivity contribution in [1.82, 2.24) is 15.1 Å². The van der Waals surface area contributed by atoms with Crippen molar-refractivity contribution < 1.29 is 18.0 Å². The summed E-state index contributed by atoms with van der Waals surface area (Å²) >= 11 is 1.13. The molecule has 126 valence electrons. The summed E-state index contributed by atoms with van der Waals surface area (Å²) < 4.78 is 39.2. The molecule has 0 spiro atoms. The highest BCUT2D eigenvalue weighted by atomic mass is 32.1. The van der Waals surface area contributed by atoms with Crippen LogP contribution in [0.25, 0.3) is 10.6 Å². The molecule has 0 bridgehead atoms. The van der Waals surface area contributed by atoms with Gasteiger partial charge >= 0.3 is 6.18 Å². The van der Waals surface area contributed by atoms with E-state index in [-0.39, 0.29) is 11.6 Å². The van der Waals surface area contributed by atoms with Gasteiger partial charge in [0.25, 0.3) is 5.91 Å². The molecule has 2 heterocycles. The van der Waals surface area contributed by atoms with Crippen LogP contribution >= 0.6 is 11.3 Å². The quantitative estimate of drug-likeness (QED) is 0.892. The van der Waals surface area contributed by atoms with Crippen molar-refractivity contribution in [3.8, 4) is 10.6 Å². The summed E-state index contributed by atoms with van der Waals surface area (Å²) in [5, 5.41) is 6.68. The Morgan fingerprint density at radius 1 is 1.39 bits per heavy atom. The van der Waals surface area contributed by atoms with Gasteiger partial charge in [-0.3, -0.25) is 9.48 Å². The standard InChI is InChI=1S/C15H18F3N3OS/c1-9(2)6-7-19-14(22)12-5-4-11(23-12)10-8-13(15(16,17)18)21(3)20-10/h4-5,8-9H,6-7H2,1-3H3,(H,19,22). The van der Waals surface area contributed by atoms with Gasteiger partial charge in [0.05, 0.1) is 9.75 Å². The maximum Gasteiger partial charge on any atom is 0.433 e. The summed E-state index contributed by atoms with van der Waals surface area (Å²) in [6.45, 7) is 4.70. The van der Waals surface area contributed by atoms with Crippen LogP contribution in [0.15, 0.2) is 18.2 Å². The number of amides is 1. The Hall–Kier alpha value is -1.83. The SMILES string of the molecule is CC(C)CCNC(=O)c1ccc(-c2cc(C(F)(F)F)n(C)n2)s1. The predicted octanol–water partition coefficient (Wildman–Crippen LogP) is 3.94. The minimum absolute atomic E-state index is 0.214. The molecule has 0 aromatic carbocycles. The highest BCUT2D eigenvalue weighted by Crippen LogP contribution is 2.34. The fraction of sp³-hybridized carbons (Fsp3) is 0.467. The number of hydrogen-bond acceptors (Lipinski definition) is 3. The van der Waals surface area contributed by atoms with Crippen molar-refractivity contribution in [2.75, 3.05) is 6.54 Å². The van der Waals surface area contributed by atoms with E-state index in [0.717, 1.165) is 28.5 Å². The van der Waals surface area contributed by atoms with E-state index in [1.165, 1.54) is 7.05 Å². The molecule has 2 aromatic rings. The minimum atomic E-state index is -4.45. The van der Waals surface area contributed by atoms with Crippen LogP contribution in [0.4, 0.5) is 13.2 Å². The minimum Gasteiger partial charge on any atom is -0.351 e. The van der Waals surface area contributed by atoms with Gasteiger partial charge in [-0.15, -0.1) is 11.3 Å². The Kier molecular flexibility index (Phi) is 5.13. The number of hydrogen-bond donors (Lipinski definition) is 1. The van der Waals surface area contributed by atoms with Crippen molar-refractivity contribution in [3.05, 3.63) is 28.8 Å². The lowest BCUT2D eigenvalue weighted by Crippen LogP contribution is -2.24. The molecule has 0 aliphatic carbocycles. The molecule has 0 radical (unpaired) electrons.